The van der Waals surface area contributed by atoms with Gasteiger partial charge in [-0.25, -0.2) is 4.79 Å². The van der Waals surface area contributed by atoms with Gasteiger partial charge in [-0.15, -0.1) is 0 Å². The highest BCUT2D eigenvalue weighted by Gasteiger charge is 2.49. The van der Waals surface area contributed by atoms with Crippen LogP contribution in [-0.2, 0) is 9.59 Å². The zero-order valence-electron chi connectivity index (χ0n) is 16.6. The van der Waals surface area contributed by atoms with Crippen molar-refractivity contribution in [2.75, 3.05) is 11.9 Å². The molecule has 29 heavy (non-hydrogen) atoms. The number of fused-ring (bicyclic) bond motifs is 1. The second kappa shape index (κ2) is 8.74. The molecular weight excluding hydrogens is 390 g/mol. The largest absolute Gasteiger partial charge is 0.327 e. The minimum atomic E-state index is -0.286. The zero-order chi connectivity index (χ0) is 20.4. The van der Waals surface area contributed by atoms with Crippen LogP contribution in [0, 0.1) is 5.92 Å². The molecule has 1 N–H and O–H groups in total. The van der Waals surface area contributed by atoms with Gasteiger partial charge in [-0.1, -0.05) is 49.8 Å². The monoisotopic (exact) mass is 417 g/mol. The van der Waals surface area contributed by atoms with Crippen LogP contribution < -0.4 is 5.32 Å². The Morgan fingerprint density at radius 1 is 1.03 bits per heavy atom. The van der Waals surface area contributed by atoms with Crippen LogP contribution in [0.3, 0.4) is 0 Å². The molecular formula is C22H28ClN3O3. The number of imide groups is 1. The molecule has 0 spiro atoms. The van der Waals surface area contributed by atoms with Crippen LogP contribution in [0.2, 0.25) is 5.02 Å². The van der Waals surface area contributed by atoms with Gasteiger partial charge in [0.15, 0.2) is 0 Å². The van der Waals surface area contributed by atoms with Crippen LogP contribution in [0.25, 0.3) is 0 Å². The lowest BCUT2D eigenvalue weighted by molar-refractivity contribution is -0.144. The van der Waals surface area contributed by atoms with Crippen LogP contribution in [0.1, 0.15) is 57.8 Å². The molecule has 6 nitrogen and oxygen atoms in total. The third-order valence-electron chi connectivity index (χ3n) is 6.50. The van der Waals surface area contributed by atoms with Gasteiger partial charge in [0, 0.05) is 22.8 Å². The van der Waals surface area contributed by atoms with Crippen molar-refractivity contribution in [1.82, 2.24) is 9.80 Å². The number of nitrogens with zero attached hydrogens (tertiary/aromatic N) is 2. The lowest BCUT2D eigenvalue weighted by Gasteiger charge is -2.49. The summed E-state index contributed by atoms with van der Waals surface area (Å²) in [6, 6.07) is 6.48. The highest BCUT2D eigenvalue weighted by atomic mass is 35.5. The number of carbonyl (C=O) groups is 3. The zero-order valence-corrected chi connectivity index (χ0v) is 17.4. The summed E-state index contributed by atoms with van der Waals surface area (Å²) in [5, 5.41) is 3.37. The van der Waals surface area contributed by atoms with Crippen molar-refractivity contribution in [3.8, 4) is 0 Å². The topological polar surface area (TPSA) is 69.7 Å². The summed E-state index contributed by atoms with van der Waals surface area (Å²) >= 11 is 6.00. The van der Waals surface area contributed by atoms with E-state index < -0.39 is 0 Å². The average molecular weight is 418 g/mol. The number of hydrogen-bond acceptors (Lipinski definition) is 3. The second-order valence-corrected chi connectivity index (χ2v) is 8.86. The predicted octanol–water partition coefficient (Wildman–Crippen LogP) is 4.43. The van der Waals surface area contributed by atoms with Gasteiger partial charge >= 0.3 is 6.03 Å². The van der Waals surface area contributed by atoms with Gasteiger partial charge in [-0.3, -0.25) is 14.5 Å². The van der Waals surface area contributed by atoms with Gasteiger partial charge < -0.3 is 10.2 Å². The van der Waals surface area contributed by atoms with E-state index >= 15 is 0 Å². The molecule has 0 radical (unpaired) electrons. The lowest BCUT2D eigenvalue weighted by Crippen LogP contribution is -2.65. The number of urea groups is 1. The Morgan fingerprint density at radius 2 is 1.76 bits per heavy atom. The maximum absolute atomic E-state index is 13.4. The van der Waals surface area contributed by atoms with Crippen molar-refractivity contribution in [2.24, 2.45) is 5.92 Å². The molecule has 2 unspecified atom stereocenters. The Balaban J connectivity index is 1.53. The van der Waals surface area contributed by atoms with Crippen molar-refractivity contribution in [3.63, 3.8) is 0 Å². The molecule has 3 fully saturated rings. The summed E-state index contributed by atoms with van der Waals surface area (Å²) in [5.74, 6) is -0.455. The standard InChI is InChI=1S/C22H28ClN3O3/c23-15-7-6-8-16(13-15)24-20(27)14-25-19-12-5-4-11-18(19)21(28)26(22(25)29)17-9-2-1-3-10-17/h6-8,13,17-19H,1-5,9-12,14H2,(H,24,27). The van der Waals surface area contributed by atoms with E-state index in [1.807, 2.05) is 0 Å². The van der Waals surface area contributed by atoms with Crippen molar-refractivity contribution < 1.29 is 14.4 Å². The number of rotatable bonds is 4. The molecule has 1 aliphatic heterocycles. The van der Waals surface area contributed by atoms with E-state index in [0.717, 1.165) is 57.8 Å². The maximum Gasteiger partial charge on any atom is 0.327 e. The number of benzene rings is 1. The van der Waals surface area contributed by atoms with E-state index in [0.29, 0.717) is 10.7 Å². The maximum atomic E-state index is 13.4. The van der Waals surface area contributed by atoms with Crippen LogP contribution in [0.5, 0.6) is 0 Å². The van der Waals surface area contributed by atoms with Crippen LogP contribution in [-0.4, -0.2) is 46.3 Å². The lowest BCUT2D eigenvalue weighted by atomic mass is 9.80. The van der Waals surface area contributed by atoms with E-state index in [2.05, 4.69) is 5.32 Å². The van der Waals surface area contributed by atoms with Crippen LogP contribution in [0.4, 0.5) is 10.5 Å². The van der Waals surface area contributed by atoms with Crippen molar-refractivity contribution in [3.05, 3.63) is 29.3 Å². The summed E-state index contributed by atoms with van der Waals surface area (Å²) in [7, 11) is 0. The fourth-order valence-electron chi connectivity index (χ4n) is 5.11. The Kier molecular flexibility index (Phi) is 6.09. The fraction of sp³-hybridized carbons (Fsp3) is 0.591. The minimum Gasteiger partial charge on any atom is -0.324 e. The summed E-state index contributed by atoms with van der Waals surface area (Å²) in [4.78, 5) is 42.4. The SMILES string of the molecule is O=C(CN1C(=O)N(C2CCCCC2)C(=O)C2CCCCC21)Nc1cccc(Cl)c1. The number of nitrogens with one attached hydrogen (secondary N) is 1. The van der Waals surface area contributed by atoms with E-state index in [9.17, 15) is 14.4 Å². The van der Waals surface area contributed by atoms with Crippen molar-refractivity contribution in [2.45, 2.75) is 69.9 Å². The number of halogens is 1. The smallest absolute Gasteiger partial charge is 0.324 e. The van der Waals surface area contributed by atoms with Gasteiger partial charge in [-0.05, 0) is 43.9 Å². The third kappa shape index (κ3) is 4.27. The van der Waals surface area contributed by atoms with E-state index in [1.165, 1.54) is 4.90 Å². The Morgan fingerprint density at radius 3 is 2.52 bits per heavy atom. The normalized spacial score (nSPS) is 25.7. The Labute approximate surface area is 176 Å². The Hall–Kier alpha value is -2.08. The molecule has 156 valence electrons. The van der Waals surface area contributed by atoms with E-state index in [-0.39, 0.29) is 42.4 Å². The first kappa shape index (κ1) is 20.2. The highest BCUT2D eigenvalue weighted by molar-refractivity contribution is 6.30. The Bertz CT molecular complexity index is 793. The molecule has 0 aromatic heterocycles. The van der Waals surface area contributed by atoms with E-state index in [4.69, 9.17) is 11.6 Å². The van der Waals surface area contributed by atoms with Crippen LogP contribution in [0.15, 0.2) is 24.3 Å². The molecule has 0 bridgehead atoms. The highest BCUT2D eigenvalue weighted by Crippen LogP contribution is 2.37. The molecule has 1 saturated heterocycles. The minimum absolute atomic E-state index is 0.0156. The van der Waals surface area contributed by atoms with E-state index in [1.54, 1.807) is 29.2 Å². The van der Waals surface area contributed by atoms with Gasteiger partial charge in [-0.2, -0.15) is 0 Å². The molecule has 2 atom stereocenters. The van der Waals surface area contributed by atoms with Crippen LogP contribution >= 0.6 is 11.6 Å². The molecule has 4 rings (SSSR count). The second-order valence-electron chi connectivity index (χ2n) is 8.43. The summed E-state index contributed by atoms with van der Waals surface area (Å²) in [6.45, 7) is -0.0387. The molecule has 1 aromatic carbocycles. The average Bonchev–Trinajstić information content (AvgIpc) is 2.72. The van der Waals surface area contributed by atoms with Crippen molar-refractivity contribution in [1.29, 1.82) is 0 Å². The van der Waals surface area contributed by atoms with Gasteiger partial charge in [0.05, 0.1) is 5.92 Å². The number of hydrogen-bond donors (Lipinski definition) is 1. The molecule has 7 heteroatoms. The van der Waals surface area contributed by atoms with Gasteiger partial charge in [0.1, 0.15) is 6.54 Å². The quantitative estimate of drug-likeness (QED) is 0.787. The summed E-state index contributed by atoms with van der Waals surface area (Å²) < 4.78 is 0. The van der Waals surface area contributed by atoms with Gasteiger partial charge in [0.25, 0.3) is 0 Å². The molecule has 1 aromatic rings. The first-order valence-electron chi connectivity index (χ1n) is 10.7. The third-order valence-corrected chi connectivity index (χ3v) is 6.73. The first-order chi connectivity index (χ1) is 14.0. The molecule has 2 saturated carbocycles. The predicted molar refractivity (Wildman–Crippen MR) is 112 cm³/mol. The molecule has 1 heterocycles. The molecule has 4 amide bonds. The molecule has 3 aliphatic rings. The van der Waals surface area contributed by atoms with Gasteiger partial charge in [0.2, 0.25) is 11.8 Å². The number of amides is 4. The van der Waals surface area contributed by atoms with Crippen molar-refractivity contribution >= 4 is 35.1 Å². The first-order valence-corrected chi connectivity index (χ1v) is 11.1. The fourth-order valence-corrected chi connectivity index (χ4v) is 5.30. The summed E-state index contributed by atoms with van der Waals surface area (Å²) in [6.07, 6.45) is 8.56. The number of anilines is 1. The molecule has 2 aliphatic carbocycles. The number of carbonyl (C=O) groups excluding carboxylic acids is 3. The summed E-state index contributed by atoms with van der Waals surface area (Å²) in [5.41, 5.74) is 0.604.